The molecule has 0 amide bonds. The van der Waals surface area contributed by atoms with Gasteiger partial charge in [0, 0.05) is 19.6 Å². The molecule has 51 heavy (non-hydrogen) atoms. The van der Waals surface area contributed by atoms with E-state index in [0.717, 1.165) is 0 Å². The smallest absolute Gasteiger partial charge is 0.0911 e. The molecular weight excluding hydrogens is 651 g/mol. The highest BCUT2D eigenvalue weighted by molar-refractivity contribution is 8.01. The Balaban J connectivity index is 1.00. The van der Waals surface area contributed by atoms with E-state index in [1.165, 1.54) is 102 Å². The van der Waals surface area contributed by atoms with Gasteiger partial charge in [0.25, 0.3) is 0 Å². The zero-order chi connectivity index (χ0) is 33.5. The Morgan fingerprint density at radius 3 is 1.22 bits per heavy atom. The maximum absolute atomic E-state index is 2.43. The van der Waals surface area contributed by atoms with Gasteiger partial charge < -0.3 is 0 Å². The van der Waals surface area contributed by atoms with Gasteiger partial charge in [-0.2, -0.15) is 0 Å². The Hall–Kier alpha value is -5.48. The fourth-order valence-electron chi connectivity index (χ4n) is 8.40. The first-order valence-electron chi connectivity index (χ1n) is 17.5. The molecule has 2 aliphatic rings. The summed E-state index contributed by atoms with van der Waals surface area (Å²) in [5.74, 6) is 0. The molecule has 0 spiro atoms. The molecule has 236 valence electrons. The minimum absolute atomic E-state index is 0.278. The molecule has 0 radical (unpaired) electrons. The fraction of sp³-hybridized carbons (Fsp3) is 0. The van der Waals surface area contributed by atoms with Gasteiger partial charge in [-0.3, -0.25) is 0 Å². The van der Waals surface area contributed by atoms with Crippen molar-refractivity contribution >= 4 is 78.9 Å². The average molecular weight is 681 g/mol. The Morgan fingerprint density at radius 1 is 0.275 bits per heavy atom. The van der Waals surface area contributed by atoms with Crippen LogP contribution in [0.25, 0.3) is 65.7 Å². The van der Waals surface area contributed by atoms with Gasteiger partial charge in [0.2, 0.25) is 6.71 Å². The molecule has 0 unspecified atom stereocenters. The Morgan fingerprint density at radius 2 is 0.686 bits per heavy atom. The third kappa shape index (κ3) is 4.65. The molecule has 0 atom stereocenters. The molecule has 0 aliphatic carbocycles. The van der Waals surface area contributed by atoms with Crippen molar-refractivity contribution in [3.63, 3.8) is 0 Å². The molecule has 11 rings (SSSR count). The van der Waals surface area contributed by atoms with Crippen molar-refractivity contribution in [3.05, 3.63) is 176 Å². The van der Waals surface area contributed by atoms with E-state index in [9.17, 15) is 0 Å². The van der Waals surface area contributed by atoms with Crippen LogP contribution in [0.3, 0.4) is 0 Å². The topological polar surface area (TPSA) is 0 Å². The Bertz CT molecular complexity index is 2780. The standard InChI is InChI=1S/C48H29BS2/c1-2-17-38-36(15-1)37-16-3-4-18-39(37)41-27-34(23-24-40(38)41)32-13-9-11-30(25-32)31-12-10-14-33(26-31)35-28-46-48-47(29-35)51-45-22-8-6-20-43(45)49(48)42-19-5-7-21-44(42)50-46/h1-29H. The van der Waals surface area contributed by atoms with E-state index in [-0.39, 0.29) is 6.71 Å². The van der Waals surface area contributed by atoms with Crippen molar-refractivity contribution in [2.24, 2.45) is 0 Å². The molecule has 3 heteroatoms. The zero-order valence-electron chi connectivity index (χ0n) is 27.6. The Kier molecular flexibility index (Phi) is 6.62. The average Bonchev–Trinajstić information content (AvgIpc) is 3.20. The first kappa shape index (κ1) is 29.3. The lowest BCUT2D eigenvalue weighted by molar-refractivity contribution is 1.33. The summed E-state index contributed by atoms with van der Waals surface area (Å²) in [6, 6.07) is 65.5. The molecule has 0 N–H and O–H groups in total. The highest BCUT2D eigenvalue weighted by atomic mass is 32.2. The van der Waals surface area contributed by atoms with Crippen LogP contribution in [0.2, 0.25) is 0 Å². The molecule has 0 aromatic heterocycles. The molecule has 9 aromatic rings. The number of benzene rings is 9. The molecule has 0 saturated carbocycles. The summed E-state index contributed by atoms with van der Waals surface area (Å²) in [5.41, 5.74) is 11.7. The van der Waals surface area contributed by atoms with Gasteiger partial charge in [-0.15, -0.1) is 0 Å². The van der Waals surface area contributed by atoms with E-state index in [4.69, 9.17) is 0 Å². The zero-order valence-corrected chi connectivity index (χ0v) is 29.3. The predicted octanol–water partition coefficient (Wildman–Crippen LogP) is 11.6. The highest BCUT2D eigenvalue weighted by Gasteiger charge is 2.38. The largest absolute Gasteiger partial charge is 0.247 e. The van der Waals surface area contributed by atoms with E-state index >= 15 is 0 Å². The van der Waals surface area contributed by atoms with Gasteiger partial charge in [-0.1, -0.05) is 168 Å². The van der Waals surface area contributed by atoms with Crippen LogP contribution < -0.4 is 16.4 Å². The fourth-order valence-corrected chi connectivity index (χ4v) is 10.9. The van der Waals surface area contributed by atoms with E-state index in [2.05, 4.69) is 176 Å². The first-order chi connectivity index (χ1) is 25.3. The van der Waals surface area contributed by atoms with E-state index in [0.29, 0.717) is 0 Å². The monoisotopic (exact) mass is 680 g/mol. The van der Waals surface area contributed by atoms with Crippen molar-refractivity contribution < 1.29 is 0 Å². The quantitative estimate of drug-likeness (QED) is 0.135. The summed E-state index contributed by atoms with van der Waals surface area (Å²) in [5, 5.41) is 7.82. The van der Waals surface area contributed by atoms with Crippen LogP contribution in [0.4, 0.5) is 0 Å². The normalized spacial score (nSPS) is 12.9. The van der Waals surface area contributed by atoms with Crippen LogP contribution in [-0.2, 0) is 0 Å². The maximum Gasteiger partial charge on any atom is 0.247 e. The number of fused-ring (bicyclic) bond motifs is 10. The van der Waals surface area contributed by atoms with Gasteiger partial charge >= 0.3 is 0 Å². The minimum atomic E-state index is 0.278. The molecule has 2 heterocycles. The van der Waals surface area contributed by atoms with Crippen molar-refractivity contribution in [1.82, 2.24) is 0 Å². The number of hydrogen-bond acceptors (Lipinski definition) is 2. The summed E-state index contributed by atoms with van der Waals surface area (Å²) < 4.78 is 0. The van der Waals surface area contributed by atoms with Gasteiger partial charge in [0.15, 0.2) is 0 Å². The SMILES string of the molecule is c1cc(-c2cccc(-c3ccc4c5ccccc5c5ccccc5c4c3)c2)cc(-c2cc3c4c(c2)Sc2ccccc2B4c2ccccc2S3)c1. The lowest BCUT2D eigenvalue weighted by Gasteiger charge is -2.33. The highest BCUT2D eigenvalue weighted by Crippen LogP contribution is 2.42. The van der Waals surface area contributed by atoms with Gasteiger partial charge in [-0.25, -0.2) is 0 Å². The number of hydrogen-bond donors (Lipinski definition) is 0. The lowest BCUT2D eigenvalue weighted by atomic mass is 9.36. The van der Waals surface area contributed by atoms with Crippen LogP contribution in [0.5, 0.6) is 0 Å². The molecule has 0 nitrogen and oxygen atoms in total. The molecule has 0 saturated heterocycles. The molecular formula is C48H29BS2. The van der Waals surface area contributed by atoms with Crippen LogP contribution >= 0.6 is 23.5 Å². The van der Waals surface area contributed by atoms with Crippen molar-refractivity contribution in [3.8, 4) is 33.4 Å². The maximum atomic E-state index is 2.43. The van der Waals surface area contributed by atoms with Gasteiger partial charge in [0.1, 0.15) is 0 Å². The summed E-state index contributed by atoms with van der Waals surface area (Å²) in [7, 11) is 0. The van der Waals surface area contributed by atoms with E-state index in [1.807, 2.05) is 23.5 Å². The lowest BCUT2D eigenvalue weighted by Crippen LogP contribution is -2.57. The summed E-state index contributed by atoms with van der Waals surface area (Å²) in [6.45, 7) is 0.278. The van der Waals surface area contributed by atoms with Crippen LogP contribution in [0.15, 0.2) is 196 Å². The van der Waals surface area contributed by atoms with Crippen LogP contribution in [0, 0.1) is 0 Å². The molecule has 0 bridgehead atoms. The first-order valence-corrected chi connectivity index (χ1v) is 19.2. The van der Waals surface area contributed by atoms with E-state index in [1.54, 1.807) is 0 Å². The van der Waals surface area contributed by atoms with Crippen LogP contribution in [-0.4, -0.2) is 6.71 Å². The summed E-state index contributed by atoms with van der Waals surface area (Å²) in [4.78, 5) is 5.47. The third-order valence-electron chi connectivity index (χ3n) is 10.8. The van der Waals surface area contributed by atoms with Crippen molar-refractivity contribution in [2.75, 3.05) is 0 Å². The minimum Gasteiger partial charge on any atom is -0.0911 e. The van der Waals surface area contributed by atoms with E-state index < -0.39 is 0 Å². The second kappa shape index (κ2) is 11.5. The number of rotatable bonds is 3. The second-order valence-electron chi connectivity index (χ2n) is 13.6. The van der Waals surface area contributed by atoms with Gasteiger partial charge in [-0.05, 0) is 114 Å². The molecule has 0 fully saturated rings. The van der Waals surface area contributed by atoms with Crippen LogP contribution in [0.1, 0.15) is 0 Å². The summed E-state index contributed by atoms with van der Waals surface area (Å²) in [6.07, 6.45) is 0. The summed E-state index contributed by atoms with van der Waals surface area (Å²) >= 11 is 3.84. The Labute approximate surface area is 306 Å². The molecule has 2 aliphatic heterocycles. The van der Waals surface area contributed by atoms with Crippen molar-refractivity contribution in [1.29, 1.82) is 0 Å². The predicted molar refractivity (Wildman–Crippen MR) is 221 cm³/mol. The van der Waals surface area contributed by atoms with Gasteiger partial charge in [0.05, 0.1) is 0 Å². The molecule has 9 aromatic carbocycles. The van der Waals surface area contributed by atoms with Crippen molar-refractivity contribution in [2.45, 2.75) is 19.6 Å². The second-order valence-corrected chi connectivity index (χ2v) is 15.8. The third-order valence-corrected chi connectivity index (χ3v) is 13.1.